The lowest BCUT2D eigenvalue weighted by Crippen LogP contribution is -2.27. The first kappa shape index (κ1) is 12.0. The van der Waals surface area contributed by atoms with Crippen molar-refractivity contribution in [2.75, 3.05) is 12.3 Å². The molecule has 1 aromatic heterocycles. The van der Waals surface area contributed by atoms with Gasteiger partial charge in [0.25, 0.3) is 5.91 Å². The molecule has 5 heteroatoms. The summed E-state index contributed by atoms with van der Waals surface area (Å²) in [4.78, 5) is 19.5. The van der Waals surface area contributed by atoms with Gasteiger partial charge in [-0.1, -0.05) is 30.3 Å². The molecule has 18 heavy (non-hydrogen) atoms. The molecule has 0 fully saturated rings. The predicted octanol–water partition coefficient (Wildman–Crippen LogP) is 1.03. The summed E-state index contributed by atoms with van der Waals surface area (Å²) in [7, 11) is 0. The van der Waals surface area contributed by atoms with Gasteiger partial charge in [-0.3, -0.25) is 4.79 Å². The topological polar surface area (TPSA) is 80.9 Å². The average Bonchev–Trinajstić information content (AvgIpc) is 2.40. The van der Waals surface area contributed by atoms with Gasteiger partial charge in [0.05, 0.1) is 0 Å². The van der Waals surface area contributed by atoms with Crippen molar-refractivity contribution in [2.24, 2.45) is 0 Å². The fourth-order valence-electron chi connectivity index (χ4n) is 1.57. The minimum absolute atomic E-state index is 0.148. The highest BCUT2D eigenvalue weighted by atomic mass is 16.1. The van der Waals surface area contributed by atoms with Gasteiger partial charge in [0.2, 0.25) is 0 Å². The van der Waals surface area contributed by atoms with Crippen LogP contribution in [-0.4, -0.2) is 22.4 Å². The Kier molecular flexibility index (Phi) is 3.86. The minimum atomic E-state index is -0.295. The van der Waals surface area contributed by atoms with Crippen molar-refractivity contribution in [3.8, 4) is 0 Å². The fourth-order valence-corrected chi connectivity index (χ4v) is 1.57. The molecule has 0 aliphatic carbocycles. The highest BCUT2D eigenvalue weighted by molar-refractivity contribution is 5.96. The lowest BCUT2D eigenvalue weighted by Gasteiger charge is -2.05. The highest BCUT2D eigenvalue weighted by Gasteiger charge is 2.10. The third-order valence-electron chi connectivity index (χ3n) is 2.48. The quantitative estimate of drug-likeness (QED) is 0.839. The first-order chi connectivity index (χ1) is 8.77. The predicted molar refractivity (Wildman–Crippen MR) is 68.9 cm³/mol. The first-order valence-corrected chi connectivity index (χ1v) is 5.66. The van der Waals surface area contributed by atoms with E-state index in [2.05, 4.69) is 15.3 Å². The molecule has 92 valence electrons. The van der Waals surface area contributed by atoms with Gasteiger partial charge in [-0.2, -0.15) is 0 Å². The van der Waals surface area contributed by atoms with Gasteiger partial charge in [0, 0.05) is 18.9 Å². The minimum Gasteiger partial charge on any atom is -0.382 e. The standard InChI is InChI=1S/C13H14N4O/c14-12-11(15-8-9-16-12)13(18)17-7-6-10-4-2-1-3-5-10/h1-5,8-9H,6-7H2,(H2,14,16)(H,17,18). The van der Waals surface area contributed by atoms with E-state index in [-0.39, 0.29) is 17.4 Å². The van der Waals surface area contributed by atoms with Gasteiger partial charge < -0.3 is 11.1 Å². The van der Waals surface area contributed by atoms with Crippen LogP contribution in [0.2, 0.25) is 0 Å². The summed E-state index contributed by atoms with van der Waals surface area (Å²) in [6.07, 6.45) is 3.67. The van der Waals surface area contributed by atoms with Crippen molar-refractivity contribution in [1.29, 1.82) is 0 Å². The highest BCUT2D eigenvalue weighted by Crippen LogP contribution is 2.03. The second kappa shape index (κ2) is 5.77. The van der Waals surface area contributed by atoms with E-state index in [4.69, 9.17) is 5.73 Å². The number of carbonyl (C=O) groups is 1. The van der Waals surface area contributed by atoms with E-state index in [1.807, 2.05) is 30.3 Å². The molecule has 3 N–H and O–H groups in total. The molecule has 5 nitrogen and oxygen atoms in total. The number of amides is 1. The lowest BCUT2D eigenvalue weighted by atomic mass is 10.1. The normalized spacial score (nSPS) is 10.0. The second-order valence-electron chi connectivity index (χ2n) is 3.78. The number of benzene rings is 1. The Bertz CT molecular complexity index is 528. The molecule has 0 spiro atoms. The molecule has 0 unspecified atom stereocenters. The summed E-state index contributed by atoms with van der Waals surface area (Å²) < 4.78 is 0. The van der Waals surface area contributed by atoms with Gasteiger partial charge in [-0.15, -0.1) is 0 Å². The molecular formula is C13H14N4O. The number of nitrogens with two attached hydrogens (primary N) is 1. The monoisotopic (exact) mass is 242 g/mol. The van der Waals surface area contributed by atoms with E-state index in [9.17, 15) is 4.79 Å². The van der Waals surface area contributed by atoms with Gasteiger partial charge in [-0.25, -0.2) is 9.97 Å². The molecule has 1 amide bonds. The van der Waals surface area contributed by atoms with Crippen LogP contribution >= 0.6 is 0 Å². The Morgan fingerprint density at radius 1 is 1.17 bits per heavy atom. The third kappa shape index (κ3) is 3.04. The Morgan fingerprint density at radius 2 is 1.89 bits per heavy atom. The van der Waals surface area contributed by atoms with Crippen LogP contribution in [0.1, 0.15) is 16.1 Å². The van der Waals surface area contributed by atoms with Crippen LogP contribution in [0.4, 0.5) is 5.82 Å². The van der Waals surface area contributed by atoms with Crippen molar-refractivity contribution in [2.45, 2.75) is 6.42 Å². The Balaban J connectivity index is 1.88. The summed E-state index contributed by atoms with van der Waals surface area (Å²) in [5.41, 5.74) is 6.91. The number of hydrogen-bond donors (Lipinski definition) is 2. The molecule has 0 radical (unpaired) electrons. The number of nitrogen functional groups attached to an aromatic ring is 1. The number of aromatic nitrogens is 2. The van der Waals surface area contributed by atoms with Crippen LogP contribution in [0.15, 0.2) is 42.7 Å². The summed E-state index contributed by atoms with van der Waals surface area (Å²) in [5.74, 6) is -0.147. The zero-order chi connectivity index (χ0) is 12.8. The summed E-state index contributed by atoms with van der Waals surface area (Å²) in [5, 5.41) is 2.77. The summed E-state index contributed by atoms with van der Waals surface area (Å²) in [6.45, 7) is 0.541. The lowest BCUT2D eigenvalue weighted by molar-refractivity contribution is 0.0950. The van der Waals surface area contributed by atoms with Crippen molar-refractivity contribution >= 4 is 11.7 Å². The summed E-state index contributed by atoms with van der Waals surface area (Å²) >= 11 is 0. The molecule has 0 bridgehead atoms. The van der Waals surface area contributed by atoms with Crippen LogP contribution in [0, 0.1) is 0 Å². The Labute approximate surface area is 105 Å². The van der Waals surface area contributed by atoms with Crippen molar-refractivity contribution in [3.05, 3.63) is 54.0 Å². The van der Waals surface area contributed by atoms with E-state index < -0.39 is 0 Å². The molecule has 0 saturated carbocycles. The van der Waals surface area contributed by atoms with E-state index in [1.165, 1.54) is 18.0 Å². The number of carbonyl (C=O) groups excluding carboxylic acids is 1. The SMILES string of the molecule is Nc1nccnc1C(=O)NCCc1ccccc1. The zero-order valence-corrected chi connectivity index (χ0v) is 9.84. The van der Waals surface area contributed by atoms with E-state index >= 15 is 0 Å². The zero-order valence-electron chi connectivity index (χ0n) is 9.84. The van der Waals surface area contributed by atoms with Crippen LogP contribution in [0.5, 0.6) is 0 Å². The van der Waals surface area contributed by atoms with Crippen LogP contribution in [0.25, 0.3) is 0 Å². The van der Waals surface area contributed by atoms with Crippen LogP contribution in [0.3, 0.4) is 0 Å². The smallest absolute Gasteiger partial charge is 0.273 e. The van der Waals surface area contributed by atoms with E-state index in [0.717, 1.165) is 6.42 Å². The maximum absolute atomic E-state index is 11.8. The summed E-state index contributed by atoms with van der Waals surface area (Å²) in [6, 6.07) is 9.93. The number of hydrogen-bond acceptors (Lipinski definition) is 4. The number of rotatable bonds is 4. The molecule has 2 aromatic rings. The number of anilines is 1. The van der Waals surface area contributed by atoms with Crippen LogP contribution < -0.4 is 11.1 Å². The fraction of sp³-hybridized carbons (Fsp3) is 0.154. The molecule has 2 rings (SSSR count). The van der Waals surface area contributed by atoms with Gasteiger partial charge >= 0.3 is 0 Å². The molecule has 1 aromatic carbocycles. The first-order valence-electron chi connectivity index (χ1n) is 5.66. The van der Waals surface area contributed by atoms with Crippen molar-refractivity contribution in [1.82, 2.24) is 15.3 Å². The Morgan fingerprint density at radius 3 is 2.61 bits per heavy atom. The van der Waals surface area contributed by atoms with Crippen molar-refractivity contribution < 1.29 is 4.79 Å². The van der Waals surface area contributed by atoms with Crippen molar-refractivity contribution in [3.63, 3.8) is 0 Å². The average molecular weight is 242 g/mol. The second-order valence-corrected chi connectivity index (χ2v) is 3.78. The van der Waals surface area contributed by atoms with Crippen LogP contribution in [-0.2, 0) is 6.42 Å². The van der Waals surface area contributed by atoms with Gasteiger partial charge in [0.15, 0.2) is 11.5 Å². The number of nitrogens with zero attached hydrogens (tertiary/aromatic N) is 2. The molecule has 0 aliphatic rings. The molecular weight excluding hydrogens is 228 g/mol. The maximum atomic E-state index is 11.8. The molecule has 1 heterocycles. The number of nitrogens with one attached hydrogen (secondary N) is 1. The van der Waals surface area contributed by atoms with Gasteiger partial charge in [-0.05, 0) is 12.0 Å². The Hall–Kier alpha value is -2.43. The molecule has 0 aliphatic heterocycles. The third-order valence-corrected chi connectivity index (χ3v) is 2.48. The molecule has 0 atom stereocenters. The maximum Gasteiger partial charge on any atom is 0.273 e. The molecule has 0 saturated heterocycles. The largest absolute Gasteiger partial charge is 0.382 e. The van der Waals surface area contributed by atoms with E-state index in [1.54, 1.807) is 0 Å². The van der Waals surface area contributed by atoms with Gasteiger partial charge in [0.1, 0.15) is 0 Å². The van der Waals surface area contributed by atoms with E-state index in [0.29, 0.717) is 6.54 Å².